The van der Waals surface area contributed by atoms with Crippen LogP contribution in [-0.2, 0) is 24.2 Å². The molecule has 36 heavy (non-hydrogen) atoms. The number of hydrogen-bond donors (Lipinski definition) is 3. The Labute approximate surface area is 211 Å². The van der Waals surface area contributed by atoms with Crippen molar-refractivity contribution in [2.75, 3.05) is 36.5 Å². The van der Waals surface area contributed by atoms with Gasteiger partial charge in [-0.3, -0.25) is 9.59 Å². The van der Waals surface area contributed by atoms with Crippen molar-refractivity contribution >= 4 is 23.3 Å². The average molecular weight is 486 g/mol. The Morgan fingerprint density at radius 1 is 0.917 bits per heavy atom. The number of amides is 1. The van der Waals surface area contributed by atoms with Crippen LogP contribution in [0.4, 0.5) is 11.4 Å². The third-order valence-electron chi connectivity index (χ3n) is 7.14. The highest BCUT2D eigenvalue weighted by molar-refractivity contribution is 6.08. The van der Waals surface area contributed by atoms with Gasteiger partial charge >= 0.3 is 5.97 Å². The van der Waals surface area contributed by atoms with Crippen LogP contribution in [0.1, 0.15) is 33.5 Å². The van der Waals surface area contributed by atoms with E-state index in [1.165, 1.54) is 27.9 Å². The van der Waals surface area contributed by atoms with Gasteiger partial charge in [-0.05, 0) is 64.9 Å². The summed E-state index contributed by atoms with van der Waals surface area (Å²) in [5.41, 5.74) is 8.98. The third-order valence-corrected chi connectivity index (χ3v) is 7.14. The van der Waals surface area contributed by atoms with E-state index in [2.05, 4.69) is 41.5 Å². The highest BCUT2D eigenvalue weighted by Crippen LogP contribution is 2.41. The van der Waals surface area contributed by atoms with Crippen molar-refractivity contribution in [3.8, 4) is 11.1 Å². The minimum Gasteiger partial charge on any atom is -0.481 e. The van der Waals surface area contributed by atoms with Gasteiger partial charge in [0.05, 0.1) is 12.5 Å². The highest BCUT2D eigenvalue weighted by atomic mass is 16.4. The SMILES string of the molecule is CN1CCc2c(-c3cccc4c3CCN4C(=O)c3ccc(CNCC(O)CC(=O)O)cc3)cccc21. The fourth-order valence-electron chi connectivity index (χ4n) is 5.32. The lowest BCUT2D eigenvalue weighted by atomic mass is 9.93. The standard InChI is InChI=1S/C29H31N3O4/c1-31-14-12-24-22(4-2-6-26(24)31)23-5-3-7-27-25(23)13-15-32(27)29(36)20-10-8-19(9-11-20)17-30-18-21(33)16-28(34)35/h2-11,21,30,33H,12-18H2,1H3,(H,34,35). The number of nitrogens with one attached hydrogen (secondary N) is 1. The summed E-state index contributed by atoms with van der Waals surface area (Å²) in [6.45, 7) is 2.36. The zero-order valence-electron chi connectivity index (χ0n) is 20.4. The number of carbonyl (C=O) groups is 2. The number of rotatable bonds is 8. The summed E-state index contributed by atoms with van der Waals surface area (Å²) < 4.78 is 0. The van der Waals surface area contributed by atoms with Crippen LogP contribution in [0, 0.1) is 0 Å². The van der Waals surface area contributed by atoms with Gasteiger partial charge in [-0.15, -0.1) is 0 Å². The monoisotopic (exact) mass is 485 g/mol. The lowest BCUT2D eigenvalue weighted by Crippen LogP contribution is -2.29. The van der Waals surface area contributed by atoms with Gasteiger partial charge in [0.2, 0.25) is 0 Å². The van der Waals surface area contributed by atoms with Gasteiger partial charge in [-0.1, -0.05) is 36.4 Å². The first kappa shape index (κ1) is 24.0. The van der Waals surface area contributed by atoms with Crippen molar-refractivity contribution in [3.05, 3.63) is 82.9 Å². The first-order valence-electron chi connectivity index (χ1n) is 12.4. The van der Waals surface area contributed by atoms with Crippen molar-refractivity contribution in [1.29, 1.82) is 0 Å². The maximum absolute atomic E-state index is 13.4. The van der Waals surface area contributed by atoms with Gasteiger partial charge in [0.15, 0.2) is 0 Å². The molecule has 0 saturated heterocycles. The van der Waals surface area contributed by atoms with Crippen molar-refractivity contribution in [2.24, 2.45) is 0 Å². The van der Waals surface area contributed by atoms with Gasteiger partial charge < -0.3 is 25.3 Å². The van der Waals surface area contributed by atoms with Crippen molar-refractivity contribution in [1.82, 2.24) is 5.32 Å². The second kappa shape index (κ2) is 10.1. The van der Waals surface area contributed by atoms with Crippen LogP contribution in [0.25, 0.3) is 11.1 Å². The molecule has 0 aliphatic carbocycles. The smallest absolute Gasteiger partial charge is 0.306 e. The summed E-state index contributed by atoms with van der Waals surface area (Å²) in [6.07, 6.45) is 0.649. The second-order valence-corrected chi connectivity index (χ2v) is 9.56. The van der Waals surface area contributed by atoms with E-state index < -0.39 is 12.1 Å². The molecule has 7 nitrogen and oxygen atoms in total. The summed E-state index contributed by atoms with van der Waals surface area (Å²) in [5.74, 6) is -1.04. The Bertz CT molecular complexity index is 1290. The quantitative estimate of drug-likeness (QED) is 0.453. The molecule has 0 saturated carbocycles. The number of aliphatic carboxylic acids is 1. The van der Waals surface area contributed by atoms with Crippen LogP contribution in [0.15, 0.2) is 60.7 Å². The average Bonchev–Trinajstić information content (AvgIpc) is 3.47. The molecule has 1 unspecified atom stereocenters. The summed E-state index contributed by atoms with van der Waals surface area (Å²) in [5, 5.41) is 21.5. The molecule has 7 heteroatoms. The third kappa shape index (κ3) is 4.72. The summed E-state index contributed by atoms with van der Waals surface area (Å²) in [7, 11) is 2.13. The largest absolute Gasteiger partial charge is 0.481 e. The van der Waals surface area contributed by atoms with E-state index in [1.54, 1.807) is 0 Å². The molecular formula is C29H31N3O4. The maximum atomic E-state index is 13.4. The number of hydrogen-bond acceptors (Lipinski definition) is 5. The zero-order valence-corrected chi connectivity index (χ0v) is 20.4. The van der Waals surface area contributed by atoms with E-state index in [0.29, 0.717) is 18.7 Å². The van der Waals surface area contributed by atoms with E-state index >= 15 is 0 Å². The Morgan fingerprint density at radius 3 is 2.25 bits per heavy atom. The first-order valence-corrected chi connectivity index (χ1v) is 12.4. The Balaban J connectivity index is 1.30. The lowest BCUT2D eigenvalue weighted by molar-refractivity contribution is -0.139. The molecule has 2 heterocycles. The fourth-order valence-corrected chi connectivity index (χ4v) is 5.32. The molecule has 0 bridgehead atoms. The molecule has 3 aromatic carbocycles. The second-order valence-electron chi connectivity index (χ2n) is 9.56. The van der Waals surface area contributed by atoms with Gasteiger partial charge in [0.25, 0.3) is 5.91 Å². The Kier molecular flexibility index (Phi) is 6.76. The van der Waals surface area contributed by atoms with Crippen LogP contribution >= 0.6 is 0 Å². The molecule has 2 aliphatic heterocycles. The van der Waals surface area contributed by atoms with Crippen LogP contribution in [0.2, 0.25) is 0 Å². The molecule has 0 spiro atoms. The number of carbonyl (C=O) groups excluding carboxylic acids is 1. The molecule has 3 aromatic rings. The number of fused-ring (bicyclic) bond motifs is 2. The van der Waals surface area contributed by atoms with Crippen LogP contribution < -0.4 is 15.1 Å². The number of carboxylic acids is 1. The van der Waals surface area contributed by atoms with Crippen LogP contribution in [0.3, 0.4) is 0 Å². The van der Waals surface area contributed by atoms with Gasteiger partial charge in [-0.2, -0.15) is 0 Å². The molecule has 186 valence electrons. The molecule has 0 aromatic heterocycles. The normalized spacial score (nSPS) is 15.1. The van der Waals surface area contributed by atoms with Gasteiger partial charge in [0.1, 0.15) is 0 Å². The molecule has 0 radical (unpaired) electrons. The van der Waals surface area contributed by atoms with Crippen LogP contribution in [0.5, 0.6) is 0 Å². The lowest BCUT2D eigenvalue weighted by Gasteiger charge is -2.19. The Hall–Kier alpha value is -3.68. The predicted molar refractivity (Wildman–Crippen MR) is 141 cm³/mol. The predicted octanol–water partition coefficient (Wildman–Crippen LogP) is 3.47. The Morgan fingerprint density at radius 2 is 1.56 bits per heavy atom. The van der Waals surface area contributed by atoms with Crippen molar-refractivity contribution in [3.63, 3.8) is 0 Å². The number of aliphatic hydroxyl groups is 1. The van der Waals surface area contributed by atoms with E-state index in [-0.39, 0.29) is 18.9 Å². The number of likely N-dealkylation sites (N-methyl/N-ethyl adjacent to an activating group) is 1. The molecule has 5 rings (SSSR count). The van der Waals surface area contributed by atoms with Crippen molar-refractivity contribution < 1.29 is 19.8 Å². The summed E-state index contributed by atoms with van der Waals surface area (Å²) in [4.78, 5) is 28.3. The van der Waals surface area contributed by atoms with Gasteiger partial charge in [-0.25, -0.2) is 0 Å². The molecule has 1 atom stereocenters. The van der Waals surface area contributed by atoms with E-state index in [4.69, 9.17) is 5.11 Å². The number of aliphatic hydroxyl groups excluding tert-OH is 1. The van der Waals surface area contributed by atoms with E-state index in [0.717, 1.165) is 30.6 Å². The summed E-state index contributed by atoms with van der Waals surface area (Å²) >= 11 is 0. The minimum absolute atomic E-state index is 0.0136. The van der Waals surface area contributed by atoms with Gasteiger partial charge in [0, 0.05) is 50.2 Å². The van der Waals surface area contributed by atoms with E-state index in [9.17, 15) is 14.7 Å². The number of carboxylic acid groups (broad SMARTS) is 1. The molecule has 2 aliphatic rings. The number of anilines is 2. The number of benzene rings is 3. The molecule has 0 fully saturated rings. The molecule has 3 N–H and O–H groups in total. The van der Waals surface area contributed by atoms with Crippen molar-refractivity contribution in [2.45, 2.75) is 31.9 Å². The van der Waals surface area contributed by atoms with Crippen LogP contribution in [-0.4, -0.2) is 54.9 Å². The first-order chi connectivity index (χ1) is 17.4. The van der Waals surface area contributed by atoms with E-state index in [1.807, 2.05) is 41.3 Å². The fraction of sp³-hybridized carbons (Fsp3) is 0.310. The minimum atomic E-state index is -1.02. The zero-order chi connectivity index (χ0) is 25.2. The molecular weight excluding hydrogens is 454 g/mol. The highest BCUT2D eigenvalue weighted by Gasteiger charge is 2.29. The molecule has 1 amide bonds. The number of nitrogens with zero attached hydrogens (tertiary/aromatic N) is 2. The topological polar surface area (TPSA) is 93.1 Å². The summed E-state index contributed by atoms with van der Waals surface area (Å²) in [6, 6.07) is 20.2. The maximum Gasteiger partial charge on any atom is 0.306 e.